The molecule has 4 heteroatoms. The number of amides is 1. The van der Waals surface area contributed by atoms with E-state index in [0.717, 1.165) is 12.5 Å². The van der Waals surface area contributed by atoms with Gasteiger partial charge in [-0.3, -0.25) is 9.69 Å². The van der Waals surface area contributed by atoms with Crippen molar-refractivity contribution in [3.05, 3.63) is 0 Å². The van der Waals surface area contributed by atoms with E-state index in [1.165, 1.54) is 51.4 Å². The van der Waals surface area contributed by atoms with Crippen LogP contribution in [0.2, 0.25) is 0 Å². The average Bonchev–Trinajstić information content (AvgIpc) is 2.97. The Morgan fingerprint density at radius 3 is 2.45 bits per heavy atom. The molecule has 0 aromatic carbocycles. The topological polar surface area (TPSA) is 72.3 Å². The summed E-state index contributed by atoms with van der Waals surface area (Å²) in [5.41, 5.74) is 11.5. The standard InChI is InChI=1S/C16H31N3O/c1-2-12-7-8-13(10-17)15(9-12)19(11-16(18)20)14-5-3-4-6-14/h12-15H,2-11,17H2,1H3,(H2,18,20). The monoisotopic (exact) mass is 281 g/mol. The van der Waals surface area contributed by atoms with Gasteiger partial charge >= 0.3 is 0 Å². The number of nitrogens with two attached hydrogens (primary N) is 2. The van der Waals surface area contributed by atoms with Gasteiger partial charge in [0.2, 0.25) is 5.91 Å². The SMILES string of the molecule is CCC1CCC(CN)C(N(CC(N)=O)C2CCCC2)C1. The molecule has 3 atom stereocenters. The Balaban J connectivity index is 2.12. The van der Waals surface area contributed by atoms with Crippen LogP contribution in [0.25, 0.3) is 0 Å². The first-order chi connectivity index (χ1) is 9.65. The van der Waals surface area contributed by atoms with Crippen LogP contribution >= 0.6 is 0 Å². The lowest BCUT2D eigenvalue weighted by molar-refractivity contribution is -0.121. The number of hydrogen-bond donors (Lipinski definition) is 2. The van der Waals surface area contributed by atoms with Gasteiger partial charge < -0.3 is 11.5 Å². The van der Waals surface area contributed by atoms with E-state index in [1.807, 2.05) is 0 Å². The Labute approximate surface area is 123 Å². The molecule has 2 saturated carbocycles. The average molecular weight is 281 g/mol. The van der Waals surface area contributed by atoms with Crippen LogP contribution in [0.4, 0.5) is 0 Å². The van der Waals surface area contributed by atoms with Crippen molar-refractivity contribution in [2.75, 3.05) is 13.1 Å². The van der Waals surface area contributed by atoms with Gasteiger partial charge in [0.25, 0.3) is 0 Å². The zero-order valence-electron chi connectivity index (χ0n) is 12.9. The fourth-order valence-electron chi connectivity index (χ4n) is 4.28. The lowest BCUT2D eigenvalue weighted by Gasteiger charge is -2.44. The minimum absolute atomic E-state index is 0.189. The number of nitrogens with zero attached hydrogens (tertiary/aromatic N) is 1. The van der Waals surface area contributed by atoms with Crippen LogP contribution in [-0.4, -0.2) is 36.0 Å². The number of hydrogen-bond acceptors (Lipinski definition) is 3. The quantitative estimate of drug-likeness (QED) is 0.780. The first kappa shape index (κ1) is 15.8. The van der Waals surface area contributed by atoms with Crippen LogP contribution in [0.3, 0.4) is 0 Å². The summed E-state index contributed by atoms with van der Waals surface area (Å²) < 4.78 is 0. The highest BCUT2D eigenvalue weighted by molar-refractivity contribution is 5.76. The molecule has 2 aliphatic carbocycles. The zero-order valence-corrected chi connectivity index (χ0v) is 12.9. The van der Waals surface area contributed by atoms with Crippen molar-refractivity contribution in [2.45, 2.75) is 70.4 Å². The predicted octanol–water partition coefficient (Wildman–Crippen LogP) is 1.87. The number of carbonyl (C=O) groups is 1. The third-order valence-corrected chi connectivity index (χ3v) is 5.50. The van der Waals surface area contributed by atoms with Gasteiger partial charge in [-0.2, -0.15) is 0 Å². The van der Waals surface area contributed by atoms with E-state index >= 15 is 0 Å². The second kappa shape index (κ2) is 7.41. The molecular weight excluding hydrogens is 250 g/mol. The van der Waals surface area contributed by atoms with E-state index in [4.69, 9.17) is 11.5 Å². The first-order valence-corrected chi connectivity index (χ1v) is 8.39. The molecule has 2 rings (SSSR count). The van der Waals surface area contributed by atoms with Crippen LogP contribution in [0.1, 0.15) is 58.3 Å². The summed E-state index contributed by atoms with van der Waals surface area (Å²) in [6.07, 6.45) is 9.96. The van der Waals surface area contributed by atoms with Gasteiger partial charge in [-0.25, -0.2) is 0 Å². The molecule has 2 fully saturated rings. The Hall–Kier alpha value is -0.610. The lowest BCUT2D eigenvalue weighted by Crippen LogP contribution is -2.53. The summed E-state index contributed by atoms with van der Waals surface area (Å²) in [6.45, 7) is 3.43. The van der Waals surface area contributed by atoms with Gasteiger partial charge in [0.15, 0.2) is 0 Å². The van der Waals surface area contributed by atoms with E-state index < -0.39 is 0 Å². The van der Waals surface area contributed by atoms with Gasteiger partial charge in [0.1, 0.15) is 0 Å². The fourth-order valence-corrected chi connectivity index (χ4v) is 4.28. The molecular formula is C16H31N3O. The molecule has 116 valence electrons. The van der Waals surface area contributed by atoms with E-state index in [9.17, 15) is 4.79 Å². The van der Waals surface area contributed by atoms with Gasteiger partial charge in [-0.1, -0.05) is 32.6 Å². The third-order valence-electron chi connectivity index (χ3n) is 5.50. The van der Waals surface area contributed by atoms with Crippen LogP contribution in [0.5, 0.6) is 0 Å². The van der Waals surface area contributed by atoms with Crippen molar-refractivity contribution in [2.24, 2.45) is 23.3 Å². The molecule has 0 aromatic rings. The molecule has 3 unspecified atom stereocenters. The van der Waals surface area contributed by atoms with Crippen molar-refractivity contribution in [1.82, 2.24) is 4.90 Å². The normalized spacial score (nSPS) is 31.9. The maximum absolute atomic E-state index is 11.5. The third kappa shape index (κ3) is 3.73. The van der Waals surface area contributed by atoms with Gasteiger partial charge in [0, 0.05) is 12.1 Å². The molecule has 0 saturated heterocycles. The predicted molar refractivity (Wildman–Crippen MR) is 82.1 cm³/mol. The summed E-state index contributed by atoms with van der Waals surface area (Å²) in [7, 11) is 0. The minimum atomic E-state index is -0.189. The van der Waals surface area contributed by atoms with E-state index in [-0.39, 0.29) is 5.91 Å². The van der Waals surface area contributed by atoms with Crippen molar-refractivity contribution >= 4 is 5.91 Å². The second-order valence-corrected chi connectivity index (χ2v) is 6.73. The zero-order chi connectivity index (χ0) is 14.5. The maximum atomic E-state index is 11.5. The van der Waals surface area contributed by atoms with Crippen molar-refractivity contribution in [3.63, 3.8) is 0 Å². The summed E-state index contributed by atoms with van der Waals surface area (Å²) in [5.74, 6) is 1.14. The summed E-state index contributed by atoms with van der Waals surface area (Å²) in [4.78, 5) is 13.9. The Morgan fingerprint density at radius 1 is 1.20 bits per heavy atom. The first-order valence-electron chi connectivity index (χ1n) is 8.39. The molecule has 0 aromatic heterocycles. The Morgan fingerprint density at radius 2 is 1.90 bits per heavy atom. The number of primary amides is 1. The number of carbonyl (C=O) groups excluding carboxylic acids is 1. The van der Waals surface area contributed by atoms with Crippen LogP contribution in [-0.2, 0) is 4.79 Å². The van der Waals surface area contributed by atoms with Crippen LogP contribution in [0, 0.1) is 11.8 Å². The Kier molecular flexibility index (Phi) is 5.85. The van der Waals surface area contributed by atoms with Crippen LogP contribution < -0.4 is 11.5 Å². The molecule has 20 heavy (non-hydrogen) atoms. The molecule has 0 radical (unpaired) electrons. The molecule has 0 spiro atoms. The van der Waals surface area contributed by atoms with E-state index in [0.29, 0.717) is 24.5 Å². The van der Waals surface area contributed by atoms with Crippen molar-refractivity contribution in [1.29, 1.82) is 0 Å². The summed E-state index contributed by atoms with van der Waals surface area (Å²) in [6, 6.07) is 1.02. The fraction of sp³-hybridized carbons (Fsp3) is 0.938. The van der Waals surface area contributed by atoms with Crippen molar-refractivity contribution < 1.29 is 4.79 Å². The number of rotatable bonds is 6. The smallest absolute Gasteiger partial charge is 0.231 e. The van der Waals surface area contributed by atoms with Gasteiger partial charge in [-0.05, 0) is 44.1 Å². The highest BCUT2D eigenvalue weighted by Gasteiger charge is 2.37. The molecule has 0 heterocycles. The minimum Gasteiger partial charge on any atom is -0.369 e. The summed E-state index contributed by atoms with van der Waals surface area (Å²) in [5, 5.41) is 0. The van der Waals surface area contributed by atoms with Crippen LogP contribution in [0.15, 0.2) is 0 Å². The van der Waals surface area contributed by atoms with E-state index in [2.05, 4.69) is 11.8 Å². The molecule has 4 nitrogen and oxygen atoms in total. The largest absolute Gasteiger partial charge is 0.369 e. The molecule has 1 amide bonds. The van der Waals surface area contributed by atoms with Gasteiger partial charge in [-0.15, -0.1) is 0 Å². The van der Waals surface area contributed by atoms with Gasteiger partial charge in [0.05, 0.1) is 6.54 Å². The highest BCUT2D eigenvalue weighted by Crippen LogP contribution is 2.36. The lowest BCUT2D eigenvalue weighted by atomic mass is 9.76. The maximum Gasteiger partial charge on any atom is 0.231 e. The Bertz CT molecular complexity index is 315. The highest BCUT2D eigenvalue weighted by atomic mass is 16.1. The van der Waals surface area contributed by atoms with E-state index in [1.54, 1.807) is 0 Å². The second-order valence-electron chi connectivity index (χ2n) is 6.73. The molecule has 0 bridgehead atoms. The van der Waals surface area contributed by atoms with Crippen molar-refractivity contribution in [3.8, 4) is 0 Å². The summed E-state index contributed by atoms with van der Waals surface area (Å²) >= 11 is 0. The molecule has 0 aliphatic heterocycles. The molecule has 4 N–H and O–H groups in total. The molecule has 2 aliphatic rings.